The van der Waals surface area contributed by atoms with Crippen LogP contribution in [0, 0.1) is 26.6 Å². The van der Waals surface area contributed by atoms with Gasteiger partial charge in [0.15, 0.2) is 0 Å². The van der Waals surface area contributed by atoms with Crippen LogP contribution in [-0.4, -0.2) is 5.11 Å². The van der Waals surface area contributed by atoms with Gasteiger partial charge in [-0.25, -0.2) is 4.39 Å². The van der Waals surface area contributed by atoms with E-state index in [4.69, 9.17) is 4.74 Å². The molecule has 0 aliphatic carbocycles. The predicted octanol–water partition coefficient (Wildman–Crippen LogP) is 4.60. The number of aryl methyl sites for hydroxylation is 2. The molecule has 0 saturated heterocycles. The zero-order valence-corrected chi connectivity index (χ0v) is 12.2. The van der Waals surface area contributed by atoms with Crippen molar-refractivity contribution in [1.82, 2.24) is 0 Å². The number of rotatable bonds is 3. The molecule has 2 rings (SSSR count). The van der Waals surface area contributed by atoms with Crippen LogP contribution in [0.25, 0.3) is 0 Å². The molecule has 2 nitrogen and oxygen atoms in total. The Labute approximate surface area is 118 Å². The average molecular weight is 274 g/mol. The lowest BCUT2D eigenvalue weighted by molar-refractivity contribution is 0.195. The van der Waals surface area contributed by atoms with E-state index in [-0.39, 0.29) is 5.82 Å². The summed E-state index contributed by atoms with van der Waals surface area (Å²) in [6.07, 6.45) is -0.786. The predicted molar refractivity (Wildman–Crippen MR) is 77.8 cm³/mol. The van der Waals surface area contributed by atoms with Crippen molar-refractivity contribution >= 4 is 0 Å². The number of aliphatic hydroxyl groups is 1. The Morgan fingerprint density at radius 3 is 2.35 bits per heavy atom. The molecule has 106 valence electrons. The van der Waals surface area contributed by atoms with E-state index < -0.39 is 6.10 Å². The number of benzene rings is 2. The molecule has 1 atom stereocenters. The fraction of sp³-hybridized carbons (Fsp3) is 0.294. The Hall–Kier alpha value is -1.87. The molecule has 0 aliphatic rings. The molecule has 0 spiro atoms. The van der Waals surface area contributed by atoms with Gasteiger partial charge in [-0.15, -0.1) is 0 Å². The van der Waals surface area contributed by atoms with E-state index in [9.17, 15) is 9.50 Å². The lowest BCUT2D eigenvalue weighted by Gasteiger charge is -2.17. The molecule has 0 heterocycles. The van der Waals surface area contributed by atoms with Gasteiger partial charge >= 0.3 is 0 Å². The molecule has 20 heavy (non-hydrogen) atoms. The second-order valence-electron chi connectivity index (χ2n) is 5.11. The Morgan fingerprint density at radius 1 is 1.05 bits per heavy atom. The topological polar surface area (TPSA) is 29.5 Å². The van der Waals surface area contributed by atoms with Gasteiger partial charge in [-0.2, -0.15) is 0 Å². The van der Waals surface area contributed by atoms with Crippen LogP contribution in [0.5, 0.6) is 11.5 Å². The summed E-state index contributed by atoms with van der Waals surface area (Å²) >= 11 is 0. The third-order valence-corrected chi connectivity index (χ3v) is 3.51. The highest BCUT2D eigenvalue weighted by Crippen LogP contribution is 2.34. The van der Waals surface area contributed by atoms with Gasteiger partial charge in [0, 0.05) is 5.56 Å². The third kappa shape index (κ3) is 2.83. The van der Waals surface area contributed by atoms with Crippen molar-refractivity contribution in [3.05, 3.63) is 58.4 Å². The van der Waals surface area contributed by atoms with Crippen LogP contribution in [-0.2, 0) is 0 Å². The minimum Gasteiger partial charge on any atom is -0.456 e. The summed E-state index contributed by atoms with van der Waals surface area (Å²) < 4.78 is 19.2. The van der Waals surface area contributed by atoms with E-state index >= 15 is 0 Å². The van der Waals surface area contributed by atoms with Gasteiger partial charge in [-0.05, 0) is 62.6 Å². The number of hydrogen-bond donors (Lipinski definition) is 1. The molecule has 1 unspecified atom stereocenters. The smallest absolute Gasteiger partial charge is 0.133 e. The van der Waals surface area contributed by atoms with Crippen molar-refractivity contribution in [1.29, 1.82) is 0 Å². The number of aliphatic hydroxyl groups excluding tert-OH is 1. The normalized spacial score (nSPS) is 12.3. The molecule has 0 aromatic heterocycles. The molecule has 0 aliphatic heterocycles. The molecule has 0 bridgehead atoms. The van der Waals surface area contributed by atoms with Crippen LogP contribution in [0.3, 0.4) is 0 Å². The second-order valence-corrected chi connectivity index (χ2v) is 5.11. The molecule has 0 saturated carbocycles. The van der Waals surface area contributed by atoms with Gasteiger partial charge in [-0.3, -0.25) is 0 Å². The summed E-state index contributed by atoms with van der Waals surface area (Å²) in [6.45, 7) is 7.57. The third-order valence-electron chi connectivity index (χ3n) is 3.51. The van der Waals surface area contributed by atoms with Crippen molar-refractivity contribution in [3.63, 3.8) is 0 Å². The maximum atomic E-state index is 13.3. The van der Waals surface area contributed by atoms with Crippen molar-refractivity contribution < 1.29 is 14.2 Å². The van der Waals surface area contributed by atoms with Crippen LogP contribution >= 0.6 is 0 Å². The monoisotopic (exact) mass is 274 g/mol. The fourth-order valence-corrected chi connectivity index (χ4v) is 2.13. The molecule has 2 aromatic rings. The Balaban J connectivity index is 2.48. The van der Waals surface area contributed by atoms with Crippen molar-refractivity contribution in [2.75, 3.05) is 0 Å². The second kappa shape index (κ2) is 5.63. The molecular formula is C17H19FO2. The summed E-state index contributed by atoms with van der Waals surface area (Å²) in [4.78, 5) is 0. The number of halogens is 1. The van der Waals surface area contributed by atoms with Crippen LogP contribution in [0.1, 0.15) is 35.3 Å². The van der Waals surface area contributed by atoms with E-state index in [1.165, 1.54) is 12.1 Å². The van der Waals surface area contributed by atoms with E-state index in [1.807, 2.05) is 32.9 Å². The Kier molecular flexibility index (Phi) is 4.09. The Morgan fingerprint density at radius 2 is 1.70 bits per heavy atom. The SMILES string of the molecule is Cc1ccc(C)c(Oc2ccc(F)cc2C(C)O)c1C. The fourth-order valence-electron chi connectivity index (χ4n) is 2.13. The van der Waals surface area contributed by atoms with Crippen LogP contribution < -0.4 is 4.74 Å². The van der Waals surface area contributed by atoms with Gasteiger partial charge in [0.25, 0.3) is 0 Å². The molecule has 0 radical (unpaired) electrons. The number of ether oxygens (including phenoxy) is 1. The Bertz CT molecular complexity index is 633. The lowest BCUT2D eigenvalue weighted by atomic mass is 10.0. The quantitative estimate of drug-likeness (QED) is 0.886. The van der Waals surface area contributed by atoms with E-state index in [1.54, 1.807) is 13.0 Å². The van der Waals surface area contributed by atoms with Crippen molar-refractivity contribution in [2.45, 2.75) is 33.8 Å². The van der Waals surface area contributed by atoms with Gasteiger partial charge < -0.3 is 9.84 Å². The maximum absolute atomic E-state index is 13.3. The maximum Gasteiger partial charge on any atom is 0.133 e. The molecular weight excluding hydrogens is 255 g/mol. The first-order valence-electron chi connectivity index (χ1n) is 6.62. The van der Waals surface area contributed by atoms with Crippen molar-refractivity contribution in [3.8, 4) is 11.5 Å². The molecule has 1 N–H and O–H groups in total. The van der Waals surface area contributed by atoms with Crippen LogP contribution in [0.15, 0.2) is 30.3 Å². The van der Waals surface area contributed by atoms with E-state index in [0.717, 1.165) is 22.4 Å². The lowest BCUT2D eigenvalue weighted by Crippen LogP contribution is -2.00. The van der Waals surface area contributed by atoms with Gasteiger partial charge in [0.1, 0.15) is 17.3 Å². The molecule has 3 heteroatoms. The highest BCUT2D eigenvalue weighted by atomic mass is 19.1. The first-order valence-corrected chi connectivity index (χ1v) is 6.62. The average Bonchev–Trinajstić information content (AvgIpc) is 2.40. The van der Waals surface area contributed by atoms with E-state index in [2.05, 4.69) is 0 Å². The molecule has 0 fully saturated rings. The standard InChI is InChI=1S/C17H19FO2/c1-10-5-6-11(2)17(12(10)3)20-16-8-7-14(18)9-15(16)13(4)19/h5-9,13,19H,1-4H3. The van der Waals surface area contributed by atoms with Crippen LogP contribution in [0.2, 0.25) is 0 Å². The van der Waals surface area contributed by atoms with Crippen molar-refractivity contribution in [2.24, 2.45) is 0 Å². The summed E-state index contributed by atoms with van der Waals surface area (Å²) in [5.74, 6) is 0.864. The minimum atomic E-state index is -0.786. The first kappa shape index (κ1) is 14.5. The summed E-state index contributed by atoms with van der Waals surface area (Å²) in [7, 11) is 0. The zero-order valence-electron chi connectivity index (χ0n) is 12.2. The zero-order chi connectivity index (χ0) is 14.9. The summed E-state index contributed by atoms with van der Waals surface area (Å²) in [5, 5.41) is 9.75. The minimum absolute atomic E-state index is 0.383. The highest BCUT2D eigenvalue weighted by molar-refractivity contribution is 5.48. The van der Waals surface area contributed by atoms with Gasteiger partial charge in [0.2, 0.25) is 0 Å². The summed E-state index contributed by atoms with van der Waals surface area (Å²) in [6, 6.07) is 8.22. The van der Waals surface area contributed by atoms with Gasteiger partial charge in [0.05, 0.1) is 6.10 Å². The largest absolute Gasteiger partial charge is 0.456 e. The van der Waals surface area contributed by atoms with E-state index in [0.29, 0.717) is 11.3 Å². The highest BCUT2D eigenvalue weighted by Gasteiger charge is 2.14. The molecule has 0 amide bonds. The summed E-state index contributed by atoms with van der Waals surface area (Å²) in [5.41, 5.74) is 3.64. The van der Waals surface area contributed by atoms with Gasteiger partial charge in [-0.1, -0.05) is 12.1 Å². The number of hydrogen-bond acceptors (Lipinski definition) is 2. The first-order chi connectivity index (χ1) is 9.40. The van der Waals surface area contributed by atoms with Crippen LogP contribution in [0.4, 0.5) is 4.39 Å². The molecule has 2 aromatic carbocycles.